The fourth-order valence-corrected chi connectivity index (χ4v) is 2.54. The van der Waals surface area contributed by atoms with Crippen LogP contribution in [0.2, 0.25) is 5.02 Å². The molecule has 0 radical (unpaired) electrons. The van der Waals surface area contributed by atoms with Crippen LogP contribution >= 0.6 is 11.6 Å². The van der Waals surface area contributed by atoms with Crippen LogP contribution in [0.3, 0.4) is 0 Å². The van der Waals surface area contributed by atoms with E-state index >= 15 is 0 Å². The summed E-state index contributed by atoms with van der Waals surface area (Å²) in [6.45, 7) is 4.50. The van der Waals surface area contributed by atoms with Crippen molar-refractivity contribution in [1.29, 1.82) is 0 Å². The monoisotopic (exact) mass is 370 g/mol. The van der Waals surface area contributed by atoms with E-state index in [1.807, 2.05) is 37.3 Å². The second-order valence-electron chi connectivity index (χ2n) is 5.82. The maximum Gasteiger partial charge on any atom is 0.273 e. The normalized spacial score (nSPS) is 10.6. The predicted molar refractivity (Wildman–Crippen MR) is 100 cm³/mol. The third-order valence-electron chi connectivity index (χ3n) is 3.71. The molecule has 7 heteroatoms. The van der Waals surface area contributed by atoms with Crippen molar-refractivity contribution in [1.82, 2.24) is 20.3 Å². The number of ether oxygens (including phenoxy) is 1. The van der Waals surface area contributed by atoms with Gasteiger partial charge < -0.3 is 10.1 Å². The van der Waals surface area contributed by atoms with Gasteiger partial charge in [-0.3, -0.25) is 4.79 Å². The summed E-state index contributed by atoms with van der Waals surface area (Å²) in [5.74, 6) is 0.483. The number of aryl methyl sites for hydroxylation is 2. The van der Waals surface area contributed by atoms with Crippen molar-refractivity contribution in [3.05, 3.63) is 70.5 Å². The van der Waals surface area contributed by atoms with Crippen LogP contribution in [0.1, 0.15) is 21.7 Å². The lowest BCUT2D eigenvalue weighted by molar-refractivity contribution is 0.0941. The van der Waals surface area contributed by atoms with Crippen LogP contribution in [0.4, 0.5) is 0 Å². The third kappa shape index (κ3) is 4.40. The van der Waals surface area contributed by atoms with Crippen LogP contribution in [-0.2, 0) is 0 Å². The molecule has 0 fully saturated rings. The van der Waals surface area contributed by atoms with Crippen molar-refractivity contribution >= 4 is 17.5 Å². The Balaban J connectivity index is 1.57. The molecule has 3 rings (SSSR count). The molecule has 0 aliphatic heterocycles. The minimum Gasteiger partial charge on any atom is -0.492 e. The number of amides is 1. The SMILES string of the molecule is Cc1ccc(OCCNC(=O)c2nn(-c3cccc(Cl)c3)nc2C)cc1. The van der Waals surface area contributed by atoms with E-state index in [-0.39, 0.29) is 11.6 Å². The van der Waals surface area contributed by atoms with Gasteiger partial charge in [-0.25, -0.2) is 0 Å². The molecule has 1 aromatic heterocycles. The molecule has 26 heavy (non-hydrogen) atoms. The Morgan fingerprint density at radius 2 is 1.92 bits per heavy atom. The van der Waals surface area contributed by atoms with Crippen LogP contribution in [0, 0.1) is 13.8 Å². The van der Waals surface area contributed by atoms with Gasteiger partial charge in [-0.05, 0) is 44.2 Å². The van der Waals surface area contributed by atoms with E-state index in [2.05, 4.69) is 15.5 Å². The van der Waals surface area contributed by atoms with Gasteiger partial charge in [-0.2, -0.15) is 9.90 Å². The van der Waals surface area contributed by atoms with Crippen molar-refractivity contribution in [3.8, 4) is 11.4 Å². The number of nitrogens with one attached hydrogen (secondary N) is 1. The van der Waals surface area contributed by atoms with Gasteiger partial charge in [0.2, 0.25) is 0 Å². The number of hydrogen-bond donors (Lipinski definition) is 1. The molecule has 0 saturated carbocycles. The summed E-state index contributed by atoms with van der Waals surface area (Å²) in [6.07, 6.45) is 0. The average Bonchev–Trinajstić information content (AvgIpc) is 3.02. The number of carbonyl (C=O) groups is 1. The lowest BCUT2D eigenvalue weighted by atomic mass is 10.2. The van der Waals surface area contributed by atoms with Gasteiger partial charge >= 0.3 is 0 Å². The van der Waals surface area contributed by atoms with E-state index < -0.39 is 0 Å². The first-order chi connectivity index (χ1) is 12.5. The average molecular weight is 371 g/mol. The summed E-state index contributed by atoms with van der Waals surface area (Å²) >= 11 is 5.99. The van der Waals surface area contributed by atoms with Crippen LogP contribution < -0.4 is 10.1 Å². The highest BCUT2D eigenvalue weighted by atomic mass is 35.5. The number of rotatable bonds is 6. The fraction of sp³-hybridized carbons (Fsp3) is 0.211. The van der Waals surface area contributed by atoms with Crippen molar-refractivity contribution < 1.29 is 9.53 Å². The lowest BCUT2D eigenvalue weighted by Crippen LogP contribution is -2.29. The largest absolute Gasteiger partial charge is 0.492 e. The second-order valence-corrected chi connectivity index (χ2v) is 6.26. The number of hydrogen-bond acceptors (Lipinski definition) is 4. The highest BCUT2D eigenvalue weighted by Gasteiger charge is 2.16. The van der Waals surface area contributed by atoms with Crippen molar-refractivity contribution in [3.63, 3.8) is 0 Å². The van der Waals surface area contributed by atoms with Crippen LogP contribution in [0.5, 0.6) is 5.75 Å². The summed E-state index contributed by atoms with van der Waals surface area (Å²) in [7, 11) is 0. The highest BCUT2D eigenvalue weighted by Crippen LogP contribution is 2.14. The molecule has 1 amide bonds. The van der Waals surface area contributed by atoms with Gasteiger partial charge in [0.25, 0.3) is 5.91 Å². The number of aromatic nitrogens is 3. The molecular formula is C19H19ClN4O2. The highest BCUT2D eigenvalue weighted by molar-refractivity contribution is 6.30. The quantitative estimate of drug-likeness (QED) is 0.675. The Morgan fingerprint density at radius 1 is 1.15 bits per heavy atom. The Kier molecular flexibility index (Phi) is 5.53. The molecule has 2 aromatic carbocycles. The standard InChI is InChI=1S/C19H19ClN4O2/c1-13-6-8-17(9-7-13)26-11-10-21-19(25)18-14(2)22-24(23-18)16-5-3-4-15(20)12-16/h3-9,12H,10-11H2,1-2H3,(H,21,25). The minimum absolute atomic E-state index is 0.278. The zero-order valence-electron chi connectivity index (χ0n) is 14.6. The van der Waals surface area contributed by atoms with Gasteiger partial charge in [0, 0.05) is 5.02 Å². The third-order valence-corrected chi connectivity index (χ3v) is 3.95. The number of halogens is 1. The molecule has 1 heterocycles. The molecule has 3 aromatic rings. The van der Waals surface area contributed by atoms with Gasteiger partial charge in [0.05, 0.1) is 17.9 Å². The molecule has 0 spiro atoms. The predicted octanol–water partition coefficient (Wildman–Crippen LogP) is 3.35. The number of benzene rings is 2. The van der Waals surface area contributed by atoms with E-state index in [9.17, 15) is 4.79 Å². The molecular weight excluding hydrogens is 352 g/mol. The summed E-state index contributed by atoms with van der Waals surface area (Å²) in [5.41, 5.74) is 2.69. The molecule has 0 saturated heterocycles. The van der Waals surface area contributed by atoms with Gasteiger partial charge in [0.15, 0.2) is 5.69 Å². The van der Waals surface area contributed by atoms with Crippen molar-refractivity contribution in [2.45, 2.75) is 13.8 Å². The molecule has 134 valence electrons. The van der Waals surface area contributed by atoms with Gasteiger partial charge in [-0.1, -0.05) is 35.4 Å². The minimum atomic E-state index is -0.289. The maximum atomic E-state index is 12.3. The van der Waals surface area contributed by atoms with Gasteiger partial charge in [-0.15, -0.1) is 5.10 Å². The maximum absolute atomic E-state index is 12.3. The zero-order valence-corrected chi connectivity index (χ0v) is 15.3. The van der Waals surface area contributed by atoms with E-state index in [1.54, 1.807) is 25.1 Å². The summed E-state index contributed by atoms with van der Waals surface area (Å²) in [4.78, 5) is 13.7. The number of carbonyl (C=O) groups excluding carboxylic acids is 1. The summed E-state index contributed by atoms with van der Waals surface area (Å²) < 4.78 is 5.59. The summed E-state index contributed by atoms with van der Waals surface area (Å²) in [5, 5.41) is 11.9. The molecule has 0 aliphatic carbocycles. The van der Waals surface area contributed by atoms with E-state index in [4.69, 9.17) is 16.3 Å². The van der Waals surface area contributed by atoms with E-state index in [0.29, 0.717) is 29.6 Å². The first kappa shape index (κ1) is 17.9. The molecule has 0 bridgehead atoms. The van der Waals surface area contributed by atoms with Gasteiger partial charge in [0.1, 0.15) is 12.4 Å². The van der Waals surface area contributed by atoms with E-state index in [1.165, 1.54) is 10.4 Å². The Hall–Kier alpha value is -2.86. The van der Waals surface area contributed by atoms with Crippen molar-refractivity contribution in [2.24, 2.45) is 0 Å². The second kappa shape index (κ2) is 8.01. The van der Waals surface area contributed by atoms with Crippen LogP contribution in [0.25, 0.3) is 5.69 Å². The Morgan fingerprint density at radius 3 is 2.65 bits per heavy atom. The number of nitrogens with zero attached hydrogens (tertiary/aromatic N) is 3. The molecule has 6 nitrogen and oxygen atoms in total. The molecule has 0 aliphatic rings. The fourth-order valence-electron chi connectivity index (χ4n) is 2.36. The topological polar surface area (TPSA) is 69.0 Å². The Bertz CT molecular complexity index is 906. The smallest absolute Gasteiger partial charge is 0.273 e. The summed E-state index contributed by atoms with van der Waals surface area (Å²) in [6, 6.07) is 14.9. The van der Waals surface area contributed by atoms with Crippen LogP contribution in [0.15, 0.2) is 48.5 Å². The molecule has 1 N–H and O–H groups in total. The lowest BCUT2D eigenvalue weighted by Gasteiger charge is -2.07. The molecule has 0 atom stereocenters. The zero-order chi connectivity index (χ0) is 18.5. The first-order valence-corrected chi connectivity index (χ1v) is 8.58. The van der Waals surface area contributed by atoms with Crippen LogP contribution in [-0.4, -0.2) is 34.1 Å². The Labute approximate surface area is 156 Å². The molecule has 0 unspecified atom stereocenters. The first-order valence-electron chi connectivity index (χ1n) is 8.20. The van der Waals surface area contributed by atoms with E-state index in [0.717, 1.165) is 5.75 Å². The van der Waals surface area contributed by atoms with Crippen molar-refractivity contribution in [2.75, 3.05) is 13.2 Å².